The molecule has 7 heteroatoms. The maximum Gasteiger partial charge on any atom is 0.275 e. The van der Waals surface area contributed by atoms with Crippen molar-refractivity contribution >= 4 is 17.5 Å². The minimum Gasteiger partial charge on any atom is -0.454 e. The van der Waals surface area contributed by atoms with Crippen LogP contribution in [0.25, 0.3) is 0 Å². The summed E-state index contributed by atoms with van der Waals surface area (Å²) in [5.41, 5.74) is 2.41. The number of piperazine rings is 1. The lowest BCUT2D eigenvalue weighted by molar-refractivity contribution is -1.02. The van der Waals surface area contributed by atoms with Crippen molar-refractivity contribution in [3.63, 3.8) is 0 Å². The number of nitrogens with one attached hydrogen (secondary N) is 3. The molecule has 0 atom stereocenters. The Bertz CT molecular complexity index is 853. The van der Waals surface area contributed by atoms with E-state index in [1.54, 1.807) is 4.90 Å². The number of hydrogen-bond acceptors (Lipinski definition) is 3. The lowest BCUT2D eigenvalue weighted by Crippen LogP contribution is -3.28. The van der Waals surface area contributed by atoms with Crippen LogP contribution in [-0.4, -0.2) is 52.0 Å². The first-order valence-electron chi connectivity index (χ1n) is 10.2. The number of carbonyl (C=O) groups is 1. The summed E-state index contributed by atoms with van der Waals surface area (Å²) in [5.74, 6) is 1.81. The van der Waals surface area contributed by atoms with Gasteiger partial charge >= 0.3 is 0 Å². The van der Waals surface area contributed by atoms with Gasteiger partial charge in [0.25, 0.3) is 5.91 Å². The summed E-state index contributed by atoms with van der Waals surface area (Å²) in [7, 11) is 0. The first-order chi connectivity index (χ1) is 14.2. The maximum absolute atomic E-state index is 12.3. The Kier molecular flexibility index (Phi) is 6.54. The fraction of sp³-hybridized carbons (Fsp3) is 0.409. The highest BCUT2D eigenvalue weighted by Gasteiger charge is 2.25. The molecule has 0 spiro atoms. The molecule has 4 rings (SSSR count). The van der Waals surface area contributed by atoms with Gasteiger partial charge in [0.1, 0.15) is 32.7 Å². The maximum atomic E-state index is 12.3. The number of amides is 1. The molecule has 2 aliphatic rings. The number of hydrogen-bond donors (Lipinski definition) is 3. The molecule has 3 N–H and O–H groups in total. The van der Waals surface area contributed by atoms with Crippen molar-refractivity contribution in [2.75, 3.05) is 46.1 Å². The van der Waals surface area contributed by atoms with Gasteiger partial charge in [0, 0.05) is 17.1 Å². The molecule has 29 heavy (non-hydrogen) atoms. The van der Waals surface area contributed by atoms with E-state index in [-0.39, 0.29) is 5.91 Å². The summed E-state index contributed by atoms with van der Waals surface area (Å²) in [5, 5.41) is 3.77. The number of carbonyl (C=O) groups excluding carboxylic acids is 1. The van der Waals surface area contributed by atoms with E-state index in [1.807, 2.05) is 30.3 Å². The molecule has 1 fully saturated rings. The predicted octanol–water partition coefficient (Wildman–Crippen LogP) is -0.289. The molecule has 2 heterocycles. The van der Waals surface area contributed by atoms with Gasteiger partial charge in [0.2, 0.25) is 6.79 Å². The zero-order valence-corrected chi connectivity index (χ0v) is 17.3. The average molecular weight is 418 g/mol. The van der Waals surface area contributed by atoms with Crippen LogP contribution in [0.2, 0.25) is 5.02 Å². The van der Waals surface area contributed by atoms with Crippen molar-refractivity contribution in [3.8, 4) is 11.5 Å². The van der Waals surface area contributed by atoms with Crippen molar-refractivity contribution in [2.24, 2.45) is 0 Å². The van der Waals surface area contributed by atoms with Crippen LogP contribution >= 0.6 is 11.6 Å². The number of fused-ring (bicyclic) bond motifs is 1. The molecule has 0 saturated carbocycles. The lowest BCUT2D eigenvalue weighted by Gasteiger charge is -2.29. The van der Waals surface area contributed by atoms with Crippen molar-refractivity contribution in [1.29, 1.82) is 0 Å². The summed E-state index contributed by atoms with van der Waals surface area (Å²) in [6.07, 6.45) is 0.801. The molecule has 0 aliphatic carbocycles. The van der Waals surface area contributed by atoms with Gasteiger partial charge < -0.3 is 24.6 Å². The summed E-state index contributed by atoms with van der Waals surface area (Å²) < 4.78 is 10.8. The van der Waals surface area contributed by atoms with Gasteiger partial charge in [-0.25, -0.2) is 0 Å². The standard InChI is InChI=1S/C22H26ClN3O3/c23-19-3-1-2-17(12-19)6-7-24-22(27)15-26-10-8-25(9-11-26)14-18-4-5-20-21(13-18)29-16-28-20/h1-5,12-13H,6-11,14-16H2,(H,24,27)/p+2. The minimum atomic E-state index is 0.126. The Morgan fingerprint density at radius 3 is 2.59 bits per heavy atom. The van der Waals surface area contributed by atoms with E-state index in [4.69, 9.17) is 21.1 Å². The zero-order chi connectivity index (χ0) is 20.1. The van der Waals surface area contributed by atoms with Crippen molar-refractivity contribution in [3.05, 3.63) is 58.6 Å². The van der Waals surface area contributed by atoms with Crippen molar-refractivity contribution < 1.29 is 24.1 Å². The monoisotopic (exact) mass is 417 g/mol. The van der Waals surface area contributed by atoms with E-state index >= 15 is 0 Å². The molecule has 1 amide bonds. The minimum absolute atomic E-state index is 0.126. The molecule has 0 bridgehead atoms. The Morgan fingerprint density at radius 1 is 0.966 bits per heavy atom. The van der Waals surface area contributed by atoms with Gasteiger partial charge in [-0.2, -0.15) is 0 Å². The zero-order valence-electron chi connectivity index (χ0n) is 16.5. The molecule has 1 saturated heterocycles. The van der Waals surface area contributed by atoms with Crippen LogP contribution in [0.1, 0.15) is 11.1 Å². The molecular formula is C22H28ClN3O3+2. The molecule has 6 nitrogen and oxygen atoms in total. The number of quaternary nitrogens is 2. The lowest BCUT2D eigenvalue weighted by atomic mass is 10.1. The Morgan fingerprint density at radius 2 is 1.76 bits per heavy atom. The molecule has 0 aromatic heterocycles. The predicted molar refractivity (Wildman–Crippen MR) is 111 cm³/mol. The van der Waals surface area contributed by atoms with Gasteiger partial charge in [-0.05, 0) is 42.3 Å². The van der Waals surface area contributed by atoms with Crippen molar-refractivity contribution in [1.82, 2.24) is 5.32 Å². The number of halogens is 1. The van der Waals surface area contributed by atoms with Crippen LogP contribution in [0.4, 0.5) is 0 Å². The fourth-order valence-electron chi connectivity index (χ4n) is 3.98. The molecule has 0 unspecified atom stereocenters. The highest BCUT2D eigenvalue weighted by atomic mass is 35.5. The smallest absolute Gasteiger partial charge is 0.275 e. The van der Waals surface area contributed by atoms with Gasteiger partial charge in [0.15, 0.2) is 18.0 Å². The van der Waals surface area contributed by atoms with Gasteiger partial charge in [-0.3, -0.25) is 4.79 Å². The molecule has 2 aromatic carbocycles. The molecule has 2 aliphatic heterocycles. The van der Waals surface area contributed by atoms with Crippen LogP contribution in [0.15, 0.2) is 42.5 Å². The molecule has 154 valence electrons. The Balaban J connectivity index is 1.15. The first-order valence-corrected chi connectivity index (χ1v) is 10.6. The fourth-order valence-corrected chi connectivity index (χ4v) is 4.19. The van der Waals surface area contributed by atoms with Gasteiger partial charge in [-0.1, -0.05) is 23.7 Å². The average Bonchev–Trinajstić information content (AvgIpc) is 3.17. The SMILES string of the molecule is O=C(C[NH+]1CC[NH+](Cc2ccc3c(c2)OCO3)CC1)NCCc1cccc(Cl)c1. The van der Waals surface area contributed by atoms with E-state index in [0.717, 1.165) is 61.2 Å². The third kappa shape index (κ3) is 5.63. The summed E-state index contributed by atoms with van der Waals surface area (Å²) in [6.45, 7) is 6.66. The van der Waals surface area contributed by atoms with Gasteiger partial charge in [-0.15, -0.1) is 0 Å². The topological polar surface area (TPSA) is 56.4 Å². The van der Waals surface area contributed by atoms with Crippen LogP contribution in [0.3, 0.4) is 0 Å². The third-order valence-corrected chi connectivity index (χ3v) is 5.83. The second kappa shape index (κ2) is 9.48. The van der Waals surface area contributed by atoms with Crippen molar-refractivity contribution in [2.45, 2.75) is 13.0 Å². The summed E-state index contributed by atoms with van der Waals surface area (Å²) >= 11 is 6.00. The molecule has 2 aromatic rings. The largest absolute Gasteiger partial charge is 0.454 e. The van der Waals surface area contributed by atoms with Crippen LogP contribution in [0.5, 0.6) is 11.5 Å². The van der Waals surface area contributed by atoms with Crippen LogP contribution in [-0.2, 0) is 17.8 Å². The Labute approximate surface area is 176 Å². The van der Waals surface area contributed by atoms with E-state index in [9.17, 15) is 4.79 Å². The van der Waals surface area contributed by atoms with E-state index < -0.39 is 0 Å². The number of rotatable bonds is 7. The van der Waals surface area contributed by atoms with E-state index in [1.165, 1.54) is 10.5 Å². The summed E-state index contributed by atoms with van der Waals surface area (Å²) in [4.78, 5) is 15.2. The number of benzene rings is 2. The van der Waals surface area contributed by atoms with Crippen LogP contribution < -0.4 is 24.6 Å². The first kappa shape index (κ1) is 20.0. The molecular weight excluding hydrogens is 390 g/mol. The Hall–Kier alpha value is -2.28. The molecule has 0 radical (unpaired) electrons. The van der Waals surface area contributed by atoms with E-state index in [2.05, 4.69) is 17.4 Å². The van der Waals surface area contributed by atoms with Gasteiger partial charge in [0.05, 0.1) is 0 Å². The summed E-state index contributed by atoms with van der Waals surface area (Å²) in [6, 6.07) is 14.0. The second-order valence-electron chi connectivity index (χ2n) is 7.77. The van der Waals surface area contributed by atoms with Crippen LogP contribution in [0, 0.1) is 0 Å². The normalized spacial score (nSPS) is 20.4. The highest BCUT2D eigenvalue weighted by Crippen LogP contribution is 2.32. The third-order valence-electron chi connectivity index (χ3n) is 5.59. The second-order valence-corrected chi connectivity index (χ2v) is 8.21. The number of ether oxygens (including phenoxy) is 2. The highest BCUT2D eigenvalue weighted by molar-refractivity contribution is 6.30. The quantitative estimate of drug-likeness (QED) is 0.580. The van der Waals surface area contributed by atoms with E-state index in [0.29, 0.717) is 19.9 Å².